The van der Waals surface area contributed by atoms with Gasteiger partial charge in [-0.15, -0.1) is 19.7 Å². The molecule has 0 bridgehead atoms. The van der Waals surface area contributed by atoms with E-state index < -0.39 is 7.26 Å². The van der Waals surface area contributed by atoms with Crippen molar-refractivity contribution in [1.82, 2.24) is 0 Å². The van der Waals surface area contributed by atoms with Gasteiger partial charge in [-0.2, -0.15) is 0 Å². The molecule has 0 aromatic rings. The Morgan fingerprint density at radius 2 is 0.786 bits per heavy atom. The normalized spacial score (nSPS) is 11.1. The summed E-state index contributed by atoms with van der Waals surface area (Å²) in [6.07, 6.45) is 11.9. The van der Waals surface area contributed by atoms with Crippen LogP contribution in [0.5, 0.6) is 0 Å². The number of hydrogen-bond donors (Lipinski definition) is 0. The highest BCUT2D eigenvalue weighted by Crippen LogP contribution is 2.60. The molecular weight excluding hydrogens is 211 g/mol. The molecule has 0 amide bonds. The van der Waals surface area contributed by atoms with E-state index in [1.165, 1.54) is 25.7 Å². The second-order valence-electron chi connectivity index (χ2n) is 4.24. The Morgan fingerprint density at radius 3 is 0.929 bits per heavy atom. The van der Waals surface area contributed by atoms with E-state index in [2.05, 4.69) is 27.7 Å². The first-order valence-electron chi connectivity index (χ1n) is 6.09. The van der Waals surface area contributed by atoms with E-state index in [9.17, 15) is 0 Å². The Morgan fingerprint density at radius 1 is 0.571 bits per heavy atom. The van der Waals surface area contributed by atoms with Crippen molar-refractivity contribution in [1.29, 1.82) is 0 Å². The van der Waals surface area contributed by atoms with Gasteiger partial charge in [0.25, 0.3) is 0 Å². The average Bonchev–Trinajstić information content (AvgIpc) is 2.06. The fraction of sp³-hybridized carbons (Fsp3) is 1.00. The molecule has 14 heavy (non-hydrogen) atoms. The second kappa shape index (κ2) is 10.2. The molecule has 0 N–H and O–H groups in total. The molecule has 1 radical (unpaired) electrons. The largest absolute Gasteiger partial charge is 0.147 e. The lowest BCUT2D eigenvalue weighted by molar-refractivity contribution is 0.963. The van der Waals surface area contributed by atoms with Gasteiger partial charge in [-0.1, -0.05) is 53.4 Å². The molecule has 0 aromatic carbocycles. The van der Waals surface area contributed by atoms with Crippen LogP contribution in [0.15, 0.2) is 0 Å². The van der Waals surface area contributed by atoms with Gasteiger partial charge in [0.1, 0.15) is 0 Å². The molecule has 0 aliphatic carbocycles. The summed E-state index contributed by atoms with van der Waals surface area (Å²) in [6, 6.07) is 0. The summed E-state index contributed by atoms with van der Waals surface area (Å²) in [4.78, 5) is 0. The third-order valence-electron chi connectivity index (χ3n) is 2.79. The monoisotopic (exact) mass is 239 g/mol. The smallest absolute Gasteiger partial charge is 0.0362 e. The first-order chi connectivity index (χ1) is 6.24. The van der Waals surface area contributed by atoms with Crippen molar-refractivity contribution in [2.24, 2.45) is 0 Å². The van der Waals surface area contributed by atoms with Gasteiger partial charge in [-0.05, 0) is 24.6 Å². The van der Waals surface area contributed by atoms with Crippen LogP contribution in [0.2, 0.25) is 0 Å². The van der Waals surface area contributed by atoms with Crippen LogP contribution in [0, 0.1) is 0 Å². The van der Waals surface area contributed by atoms with Gasteiger partial charge in [0.2, 0.25) is 0 Å². The third-order valence-corrected chi connectivity index (χ3v) is 8.38. The van der Waals surface area contributed by atoms with Gasteiger partial charge in [0.05, 0.1) is 0 Å². The average molecular weight is 240 g/mol. The molecule has 0 saturated heterocycles. The standard InChI is InChI=1S/C12H28P.ClH/c1-5-9-13(10-6-2,11-7-3)12-8-4;/h5-12H2,1-4H3;1H. The van der Waals surface area contributed by atoms with Crippen LogP contribution in [0.25, 0.3) is 0 Å². The van der Waals surface area contributed by atoms with Crippen molar-refractivity contribution < 1.29 is 0 Å². The number of halogens is 1. The predicted octanol–water partition coefficient (Wildman–Crippen LogP) is 5.07. The molecule has 0 spiro atoms. The maximum Gasteiger partial charge on any atom is -0.0362 e. The summed E-state index contributed by atoms with van der Waals surface area (Å²) in [5, 5.41) is 0. The molecule has 0 atom stereocenters. The van der Waals surface area contributed by atoms with Crippen molar-refractivity contribution in [3.8, 4) is 0 Å². The summed E-state index contributed by atoms with van der Waals surface area (Å²) < 4.78 is 0. The fourth-order valence-corrected chi connectivity index (χ4v) is 7.70. The number of hydrogen-bond acceptors (Lipinski definition) is 0. The maximum atomic E-state index is 2.36. The van der Waals surface area contributed by atoms with Gasteiger partial charge >= 0.3 is 0 Å². The SMILES string of the molecule is CCC[P](CCC)(CCC)CCC.Cl. The highest BCUT2D eigenvalue weighted by Gasteiger charge is 2.22. The molecule has 0 nitrogen and oxygen atoms in total. The second-order valence-corrected chi connectivity index (χ2v) is 8.71. The Hall–Kier alpha value is 0.720. The highest BCUT2D eigenvalue weighted by atomic mass is 35.5. The molecule has 0 aromatic heterocycles. The minimum atomic E-state index is -0.496. The van der Waals surface area contributed by atoms with E-state index in [-0.39, 0.29) is 12.4 Å². The van der Waals surface area contributed by atoms with E-state index in [0.717, 1.165) is 0 Å². The topological polar surface area (TPSA) is 0 Å². The van der Waals surface area contributed by atoms with Crippen LogP contribution < -0.4 is 0 Å². The zero-order valence-corrected chi connectivity index (χ0v) is 12.2. The minimum Gasteiger partial charge on any atom is -0.147 e. The summed E-state index contributed by atoms with van der Waals surface area (Å²) >= 11 is 0. The minimum absolute atomic E-state index is 0. The summed E-state index contributed by atoms with van der Waals surface area (Å²) in [5.41, 5.74) is 0. The zero-order valence-electron chi connectivity index (χ0n) is 10.5. The van der Waals surface area contributed by atoms with Crippen LogP contribution in [0.3, 0.4) is 0 Å². The highest BCUT2D eigenvalue weighted by molar-refractivity contribution is 7.75. The van der Waals surface area contributed by atoms with Crippen LogP contribution in [0.1, 0.15) is 53.4 Å². The fourth-order valence-electron chi connectivity index (χ4n) is 2.57. The lowest BCUT2D eigenvalue weighted by Gasteiger charge is -2.36. The molecule has 0 rings (SSSR count). The van der Waals surface area contributed by atoms with Crippen molar-refractivity contribution >= 4 is 19.7 Å². The molecular formula is C12H29ClP. The lowest BCUT2D eigenvalue weighted by atomic mass is 10.5. The number of rotatable bonds is 8. The summed E-state index contributed by atoms with van der Waals surface area (Å²) in [7, 11) is -0.496. The van der Waals surface area contributed by atoms with E-state index in [1.807, 2.05) is 0 Å². The van der Waals surface area contributed by atoms with E-state index in [4.69, 9.17) is 0 Å². The Kier molecular flexibility index (Phi) is 12.5. The molecule has 0 fully saturated rings. The quantitative estimate of drug-likeness (QED) is 0.519. The van der Waals surface area contributed by atoms with Crippen molar-refractivity contribution in [2.75, 3.05) is 24.6 Å². The van der Waals surface area contributed by atoms with Gasteiger partial charge in [0.15, 0.2) is 0 Å². The molecule has 89 valence electrons. The van der Waals surface area contributed by atoms with E-state index in [1.54, 1.807) is 24.6 Å². The van der Waals surface area contributed by atoms with Crippen molar-refractivity contribution in [3.05, 3.63) is 0 Å². The Balaban J connectivity index is 0. The first kappa shape index (κ1) is 17.1. The van der Waals surface area contributed by atoms with E-state index >= 15 is 0 Å². The first-order valence-corrected chi connectivity index (χ1v) is 8.62. The Bertz CT molecular complexity index is 85.4. The molecule has 0 aliphatic heterocycles. The molecule has 0 saturated carbocycles. The molecule has 0 unspecified atom stereocenters. The van der Waals surface area contributed by atoms with Gasteiger partial charge < -0.3 is 0 Å². The molecule has 2 heteroatoms. The summed E-state index contributed by atoms with van der Waals surface area (Å²) in [5.74, 6) is 0. The third kappa shape index (κ3) is 6.25. The van der Waals surface area contributed by atoms with Crippen LogP contribution in [-0.4, -0.2) is 24.6 Å². The van der Waals surface area contributed by atoms with Crippen LogP contribution in [-0.2, 0) is 0 Å². The van der Waals surface area contributed by atoms with Gasteiger partial charge in [-0.25, -0.2) is 0 Å². The van der Waals surface area contributed by atoms with Gasteiger partial charge in [-0.3, -0.25) is 0 Å². The van der Waals surface area contributed by atoms with Gasteiger partial charge in [0, 0.05) is 0 Å². The van der Waals surface area contributed by atoms with Crippen molar-refractivity contribution in [2.45, 2.75) is 53.4 Å². The molecule has 0 heterocycles. The van der Waals surface area contributed by atoms with E-state index in [0.29, 0.717) is 0 Å². The maximum absolute atomic E-state index is 2.36. The zero-order chi connectivity index (χ0) is 10.2. The Labute approximate surface area is 98.0 Å². The summed E-state index contributed by atoms with van der Waals surface area (Å²) in [6.45, 7) is 9.43. The van der Waals surface area contributed by atoms with Crippen LogP contribution >= 0.6 is 19.7 Å². The van der Waals surface area contributed by atoms with Crippen molar-refractivity contribution in [3.63, 3.8) is 0 Å². The predicted molar refractivity (Wildman–Crippen MR) is 74.8 cm³/mol. The van der Waals surface area contributed by atoms with Crippen LogP contribution in [0.4, 0.5) is 0 Å². The lowest BCUT2D eigenvalue weighted by Crippen LogP contribution is -2.10. The molecule has 0 aliphatic rings.